The fourth-order valence-electron chi connectivity index (χ4n) is 2.46. The van der Waals surface area contributed by atoms with Crippen LogP contribution >= 0.6 is 0 Å². The summed E-state index contributed by atoms with van der Waals surface area (Å²) in [5.41, 5.74) is 0.913. The summed E-state index contributed by atoms with van der Waals surface area (Å²) < 4.78 is 38.8. The molecular formula is C13H11F3N2O. The van der Waals surface area contributed by atoms with E-state index < -0.39 is 23.9 Å². The molecule has 1 aliphatic rings. The molecule has 2 atom stereocenters. The topological polar surface area (TPSA) is 38.0 Å². The van der Waals surface area contributed by atoms with Gasteiger partial charge in [0.1, 0.15) is 6.10 Å². The Morgan fingerprint density at radius 1 is 1.26 bits per heavy atom. The van der Waals surface area contributed by atoms with Gasteiger partial charge in [-0.3, -0.25) is 4.68 Å². The summed E-state index contributed by atoms with van der Waals surface area (Å²) in [5.74, 6) is 0. The number of benzene rings is 1. The number of aromatic nitrogens is 2. The average Bonchev–Trinajstić information content (AvgIpc) is 2.94. The van der Waals surface area contributed by atoms with E-state index in [2.05, 4.69) is 5.10 Å². The van der Waals surface area contributed by atoms with E-state index in [-0.39, 0.29) is 0 Å². The molecule has 0 fully saturated rings. The summed E-state index contributed by atoms with van der Waals surface area (Å²) in [5, 5.41) is 13.9. The van der Waals surface area contributed by atoms with Crippen molar-refractivity contribution < 1.29 is 18.3 Å². The zero-order valence-corrected chi connectivity index (χ0v) is 9.80. The van der Waals surface area contributed by atoms with Gasteiger partial charge in [-0.1, -0.05) is 24.3 Å². The van der Waals surface area contributed by atoms with Gasteiger partial charge in [-0.25, -0.2) is 0 Å². The minimum Gasteiger partial charge on any atom is -0.386 e. The third kappa shape index (κ3) is 2.02. The van der Waals surface area contributed by atoms with Crippen molar-refractivity contribution in [2.75, 3.05) is 0 Å². The lowest BCUT2D eigenvalue weighted by Crippen LogP contribution is -2.14. The number of hydrogen-bond acceptors (Lipinski definition) is 2. The first-order valence-corrected chi connectivity index (χ1v) is 5.84. The van der Waals surface area contributed by atoms with Crippen molar-refractivity contribution in [3.05, 3.63) is 53.3 Å². The Hall–Kier alpha value is -1.82. The Kier molecular flexibility index (Phi) is 2.63. The predicted octanol–water partition coefficient (Wildman–Crippen LogP) is 2.73. The Morgan fingerprint density at radius 3 is 2.63 bits per heavy atom. The van der Waals surface area contributed by atoms with Crippen LogP contribution in [0.25, 0.3) is 0 Å². The Bertz CT molecular complexity index is 606. The third-order valence-electron chi connectivity index (χ3n) is 3.44. The van der Waals surface area contributed by atoms with Gasteiger partial charge in [0.05, 0.1) is 17.8 Å². The highest BCUT2D eigenvalue weighted by molar-refractivity contribution is 5.35. The van der Waals surface area contributed by atoms with Gasteiger partial charge in [-0.15, -0.1) is 0 Å². The molecule has 1 aromatic carbocycles. The summed E-state index contributed by atoms with van der Waals surface area (Å²) in [4.78, 5) is 0. The van der Waals surface area contributed by atoms with Crippen LogP contribution in [0.5, 0.6) is 0 Å². The van der Waals surface area contributed by atoms with E-state index in [4.69, 9.17) is 0 Å². The van der Waals surface area contributed by atoms with Gasteiger partial charge in [0, 0.05) is 6.20 Å². The SMILES string of the molecule is OC1c2ccccc2CC1n1cc(C(F)(F)F)cn1. The van der Waals surface area contributed by atoms with Crippen molar-refractivity contribution in [3.8, 4) is 0 Å². The number of hydrogen-bond donors (Lipinski definition) is 1. The first-order valence-electron chi connectivity index (χ1n) is 5.84. The first-order chi connectivity index (χ1) is 8.97. The number of alkyl halides is 3. The zero-order valence-electron chi connectivity index (χ0n) is 9.80. The number of aliphatic hydroxyl groups is 1. The van der Waals surface area contributed by atoms with Gasteiger partial charge >= 0.3 is 6.18 Å². The summed E-state index contributed by atoms with van der Waals surface area (Å²) >= 11 is 0. The number of halogens is 3. The number of rotatable bonds is 1. The van der Waals surface area contributed by atoms with Crippen molar-refractivity contribution in [1.82, 2.24) is 9.78 Å². The van der Waals surface area contributed by atoms with Crippen molar-refractivity contribution in [1.29, 1.82) is 0 Å². The lowest BCUT2D eigenvalue weighted by molar-refractivity contribution is -0.137. The lowest BCUT2D eigenvalue weighted by Gasteiger charge is -2.15. The van der Waals surface area contributed by atoms with Gasteiger partial charge < -0.3 is 5.11 Å². The molecule has 3 nitrogen and oxygen atoms in total. The quantitative estimate of drug-likeness (QED) is 0.863. The highest BCUT2D eigenvalue weighted by Gasteiger charge is 2.36. The van der Waals surface area contributed by atoms with Gasteiger partial charge in [-0.2, -0.15) is 18.3 Å². The molecule has 2 unspecified atom stereocenters. The smallest absolute Gasteiger partial charge is 0.386 e. The molecule has 100 valence electrons. The standard InChI is InChI=1S/C13H11F3N2O/c14-13(15,16)9-6-17-18(7-9)11-5-8-3-1-2-4-10(8)12(11)19/h1-4,6-7,11-12,19H,5H2. The zero-order chi connectivity index (χ0) is 13.6. The van der Waals surface area contributed by atoms with E-state index in [1.807, 2.05) is 12.1 Å². The Balaban J connectivity index is 1.92. The van der Waals surface area contributed by atoms with E-state index in [0.29, 0.717) is 6.42 Å². The molecule has 3 rings (SSSR count). The second kappa shape index (κ2) is 4.09. The van der Waals surface area contributed by atoms with Crippen LogP contribution in [-0.4, -0.2) is 14.9 Å². The molecule has 1 aliphatic carbocycles. The van der Waals surface area contributed by atoms with Gasteiger partial charge in [-0.05, 0) is 17.5 Å². The van der Waals surface area contributed by atoms with Crippen LogP contribution in [0.2, 0.25) is 0 Å². The van der Waals surface area contributed by atoms with Crippen LogP contribution in [0.4, 0.5) is 13.2 Å². The molecule has 6 heteroatoms. The van der Waals surface area contributed by atoms with E-state index >= 15 is 0 Å². The van der Waals surface area contributed by atoms with Crippen LogP contribution in [0.15, 0.2) is 36.7 Å². The summed E-state index contributed by atoms with van der Waals surface area (Å²) in [6.45, 7) is 0. The molecule has 1 aromatic heterocycles. The number of nitrogens with zero attached hydrogens (tertiary/aromatic N) is 2. The van der Waals surface area contributed by atoms with Crippen molar-refractivity contribution in [2.45, 2.75) is 24.7 Å². The first kappa shape index (κ1) is 12.2. The van der Waals surface area contributed by atoms with Crippen LogP contribution in [0.3, 0.4) is 0 Å². The van der Waals surface area contributed by atoms with Gasteiger partial charge in [0.15, 0.2) is 0 Å². The van der Waals surface area contributed by atoms with Crippen molar-refractivity contribution in [2.24, 2.45) is 0 Å². The largest absolute Gasteiger partial charge is 0.419 e. The molecular weight excluding hydrogens is 257 g/mol. The van der Waals surface area contributed by atoms with Crippen molar-refractivity contribution >= 4 is 0 Å². The van der Waals surface area contributed by atoms with Crippen molar-refractivity contribution in [3.63, 3.8) is 0 Å². The highest BCUT2D eigenvalue weighted by Crippen LogP contribution is 2.39. The van der Waals surface area contributed by atoms with E-state index in [0.717, 1.165) is 23.5 Å². The molecule has 0 saturated heterocycles. The Morgan fingerprint density at radius 2 is 2.00 bits per heavy atom. The van der Waals surface area contributed by atoms with Gasteiger partial charge in [0.2, 0.25) is 0 Å². The van der Waals surface area contributed by atoms with Crippen LogP contribution in [0.1, 0.15) is 28.8 Å². The third-order valence-corrected chi connectivity index (χ3v) is 3.44. The molecule has 2 aromatic rings. The molecule has 19 heavy (non-hydrogen) atoms. The maximum Gasteiger partial charge on any atom is 0.419 e. The summed E-state index contributed by atoms with van der Waals surface area (Å²) in [7, 11) is 0. The lowest BCUT2D eigenvalue weighted by atomic mass is 10.1. The maximum absolute atomic E-state index is 12.5. The molecule has 0 amide bonds. The molecule has 1 heterocycles. The van der Waals surface area contributed by atoms with E-state index in [1.165, 1.54) is 4.68 Å². The minimum absolute atomic E-state index is 0.478. The van der Waals surface area contributed by atoms with Gasteiger partial charge in [0.25, 0.3) is 0 Å². The molecule has 0 radical (unpaired) electrons. The van der Waals surface area contributed by atoms with Crippen LogP contribution in [-0.2, 0) is 12.6 Å². The second-order valence-corrected chi connectivity index (χ2v) is 4.62. The highest BCUT2D eigenvalue weighted by atomic mass is 19.4. The fourth-order valence-corrected chi connectivity index (χ4v) is 2.46. The molecule has 0 bridgehead atoms. The van der Waals surface area contributed by atoms with E-state index in [1.54, 1.807) is 12.1 Å². The molecule has 0 aliphatic heterocycles. The monoisotopic (exact) mass is 268 g/mol. The maximum atomic E-state index is 12.5. The fraction of sp³-hybridized carbons (Fsp3) is 0.308. The number of fused-ring (bicyclic) bond motifs is 1. The molecule has 0 saturated carbocycles. The minimum atomic E-state index is -4.41. The Labute approximate surface area is 107 Å². The summed E-state index contributed by atoms with van der Waals surface area (Å²) in [6.07, 6.45) is -3.02. The predicted molar refractivity (Wildman–Crippen MR) is 61.4 cm³/mol. The van der Waals surface area contributed by atoms with E-state index in [9.17, 15) is 18.3 Å². The second-order valence-electron chi connectivity index (χ2n) is 4.62. The summed E-state index contributed by atoms with van der Waals surface area (Å²) in [6, 6.07) is 6.82. The van der Waals surface area contributed by atoms with Crippen LogP contribution in [0, 0.1) is 0 Å². The van der Waals surface area contributed by atoms with Crippen LogP contribution < -0.4 is 0 Å². The molecule has 1 N–H and O–H groups in total. The normalized spacial score (nSPS) is 22.5. The number of aliphatic hydroxyl groups excluding tert-OH is 1. The average molecular weight is 268 g/mol. The molecule has 0 spiro atoms.